The van der Waals surface area contributed by atoms with Crippen LogP contribution in [-0.4, -0.2) is 14.5 Å². The van der Waals surface area contributed by atoms with Crippen molar-refractivity contribution in [3.63, 3.8) is 0 Å². The highest BCUT2D eigenvalue weighted by Gasteiger charge is 2.24. The fourth-order valence-corrected chi connectivity index (χ4v) is 7.19. The van der Waals surface area contributed by atoms with Gasteiger partial charge >= 0.3 is 0 Å². The number of furan rings is 1. The van der Waals surface area contributed by atoms with Crippen LogP contribution in [0.15, 0.2) is 156 Å². The second-order valence-corrected chi connectivity index (χ2v) is 11.8. The molecule has 4 heteroatoms. The molecule has 0 atom stereocenters. The lowest BCUT2D eigenvalue weighted by Crippen LogP contribution is -2.03. The Kier molecular flexibility index (Phi) is 5.25. The molecule has 0 N–H and O–H groups in total. The third-order valence-corrected chi connectivity index (χ3v) is 9.18. The van der Waals surface area contributed by atoms with Crippen LogP contribution < -0.4 is 0 Å². The van der Waals surface area contributed by atoms with Crippen molar-refractivity contribution in [2.45, 2.75) is 0 Å². The van der Waals surface area contributed by atoms with E-state index < -0.39 is 0 Å². The average Bonchev–Trinajstić information content (AvgIpc) is 3.68. The molecule has 0 aliphatic heterocycles. The van der Waals surface area contributed by atoms with E-state index in [0.717, 1.165) is 82.2 Å². The summed E-state index contributed by atoms with van der Waals surface area (Å²) in [5.41, 5.74) is 9.11. The molecule has 0 fully saturated rings. The fraction of sp³-hybridized carbons (Fsp3) is 0. The van der Waals surface area contributed by atoms with Crippen molar-refractivity contribution in [2.75, 3.05) is 0 Å². The van der Waals surface area contributed by atoms with Gasteiger partial charge in [-0.25, -0.2) is 9.97 Å². The number of aromatic nitrogens is 3. The van der Waals surface area contributed by atoms with Gasteiger partial charge in [0.15, 0.2) is 0 Å². The largest absolute Gasteiger partial charge is 0.455 e. The average molecular weight is 588 g/mol. The van der Waals surface area contributed by atoms with Gasteiger partial charge in [-0.3, -0.25) is 4.57 Å². The summed E-state index contributed by atoms with van der Waals surface area (Å²) in [6, 6.07) is 52.9. The molecule has 10 rings (SSSR count). The first-order valence-corrected chi connectivity index (χ1v) is 15.5. The minimum absolute atomic E-state index is 0.641. The summed E-state index contributed by atoms with van der Waals surface area (Å²) in [5.74, 6) is 0.641. The van der Waals surface area contributed by atoms with Crippen molar-refractivity contribution in [3.8, 4) is 28.3 Å². The highest BCUT2D eigenvalue weighted by molar-refractivity contribution is 6.35. The molecular formula is C42H25N3O. The van der Waals surface area contributed by atoms with Crippen LogP contribution in [0.4, 0.5) is 0 Å². The van der Waals surface area contributed by atoms with Gasteiger partial charge in [0.05, 0.1) is 22.2 Å². The first-order valence-electron chi connectivity index (χ1n) is 15.5. The first kappa shape index (κ1) is 25.1. The van der Waals surface area contributed by atoms with E-state index in [0.29, 0.717) is 5.95 Å². The lowest BCUT2D eigenvalue weighted by molar-refractivity contribution is 0.673. The van der Waals surface area contributed by atoms with Gasteiger partial charge in [-0.2, -0.15) is 0 Å². The smallest absolute Gasteiger partial charge is 0.235 e. The second-order valence-electron chi connectivity index (χ2n) is 11.8. The van der Waals surface area contributed by atoms with Gasteiger partial charge in [-0.15, -0.1) is 0 Å². The van der Waals surface area contributed by atoms with Crippen LogP contribution in [0, 0.1) is 0 Å². The van der Waals surface area contributed by atoms with Gasteiger partial charge in [0.2, 0.25) is 5.95 Å². The maximum Gasteiger partial charge on any atom is 0.235 e. The molecule has 0 unspecified atom stereocenters. The molecule has 214 valence electrons. The SMILES string of the molecule is c1ccc(-c2cccc(-c3nc(-n4c5ccccc5c5c6c7ccccc7oc6c6ccccc6c54)nc4ccccc34)c2)cc1. The molecule has 7 aromatic carbocycles. The number of rotatable bonds is 3. The lowest BCUT2D eigenvalue weighted by atomic mass is 9.99. The summed E-state index contributed by atoms with van der Waals surface area (Å²) >= 11 is 0. The van der Waals surface area contributed by atoms with E-state index in [2.05, 4.69) is 138 Å². The predicted octanol–water partition coefficient (Wildman–Crippen LogP) is 11.1. The highest BCUT2D eigenvalue weighted by Crippen LogP contribution is 2.45. The topological polar surface area (TPSA) is 43.9 Å². The first-order chi connectivity index (χ1) is 22.8. The summed E-state index contributed by atoms with van der Waals surface area (Å²) in [6.07, 6.45) is 0. The molecule has 0 spiro atoms. The summed E-state index contributed by atoms with van der Waals surface area (Å²) in [7, 11) is 0. The van der Waals surface area contributed by atoms with Gasteiger partial charge in [-0.1, -0.05) is 127 Å². The quantitative estimate of drug-likeness (QED) is 0.207. The van der Waals surface area contributed by atoms with Crippen molar-refractivity contribution in [1.82, 2.24) is 14.5 Å². The predicted molar refractivity (Wildman–Crippen MR) is 190 cm³/mol. The van der Waals surface area contributed by atoms with Gasteiger partial charge in [0.1, 0.15) is 11.2 Å². The Morgan fingerprint density at radius 1 is 0.457 bits per heavy atom. The molecule has 0 radical (unpaired) electrons. The van der Waals surface area contributed by atoms with Crippen LogP contribution in [0.25, 0.3) is 93.8 Å². The summed E-state index contributed by atoms with van der Waals surface area (Å²) in [5, 5.41) is 7.71. The number of benzene rings is 7. The summed E-state index contributed by atoms with van der Waals surface area (Å²) in [4.78, 5) is 10.7. The summed E-state index contributed by atoms with van der Waals surface area (Å²) in [6.45, 7) is 0. The maximum atomic E-state index is 6.58. The Morgan fingerprint density at radius 3 is 1.98 bits per heavy atom. The molecule has 0 aliphatic rings. The van der Waals surface area contributed by atoms with E-state index in [9.17, 15) is 0 Å². The van der Waals surface area contributed by atoms with Crippen LogP contribution in [-0.2, 0) is 0 Å². The molecule has 0 saturated heterocycles. The molecule has 0 bridgehead atoms. The standard InChI is InChI=1S/C42H25N3O/c1-2-13-26(14-3-1)27-15-12-16-28(25-27)39-31-19-6-9-22-34(31)43-42(44-39)45-35-23-10-7-20-32(35)37-38-33-21-8-11-24-36(33)46-41(38)30-18-5-4-17-29(30)40(37)45/h1-25H. The van der Waals surface area contributed by atoms with Crippen molar-refractivity contribution in [1.29, 1.82) is 0 Å². The van der Waals surface area contributed by atoms with E-state index in [-0.39, 0.29) is 0 Å². The van der Waals surface area contributed by atoms with Crippen molar-refractivity contribution in [2.24, 2.45) is 0 Å². The van der Waals surface area contributed by atoms with Gasteiger partial charge in [-0.05, 0) is 35.4 Å². The Hall–Kier alpha value is -6.26. The van der Waals surface area contributed by atoms with E-state index in [1.807, 2.05) is 18.2 Å². The zero-order valence-corrected chi connectivity index (χ0v) is 24.7. The molecule has 10 aromatic rings. The molecule has 0 aliphatic carbocycles. The zero-order valence-electron chi connectivity index (χ0n) is 24.7. The van der Waals surface area contributed by atoms with Crippen molar-refractivity contribution >= 4 is 65.4 Å². The number of nitrogens with zero attached hydrogens (tertiary/aromatic N) is 3. The Bertz CT molecular complexity index is 2810. The molecule has 0 amide bonds. The summed E-state index contributed by atoms with van der Waals surface area (Å²) < 4.78 is 8.83. The molecule has 0 saturated carbocycles. The second kappa shape index (κ2) is 9.62. The number of para-hydroxylation sites is 3. The van der Waals surface area contributed by atoms with Crippen LogP contribution in [0.3, 0.4) is 0 Å². The van der Waals surface area contributed by atoms with E-state index in [1.165, 1.54) is 5.56 Å². The third-order valence-electron chi connectivity index (χ3n) is 9.18. The molecular weight excluding hydrogens is 562 g/mol. The van der Waals surface area contributed by atoms with Crippen molar-refractivity contribution < 1.29 is 4.42 Å². The lowest BCUT2D eigenvalue weighted by Gasteiger charge is -2.13. The zero-order chi connectivity index (χ0) is 30.2. The minimum Gasteiger partial charge on any atom is -0.455 e. The molecule has 3 aromatic heterocycles. The van der Waals surface area contributed by atoms with Gasteiger partial charge in [0.25, 0.3) is 0 Å². The Labute approximate surface area is 263 Å². The molecule has 4 nitrogen and oxygen atoms in total. The van der Waals surface area contributed by atoms with E-state index in [4.69, 9.17) is 14.4 Å². The molecule has 46 heavy (non-hydrogen) atoms. The van der Waals surface area contributed by atoms with Crippen LogP contribution in [0.5, 0.6) is 0 Å². The Balaban J connectivity index is 1.36. The number of hydrogen-bond donors (Lipinski definition) is 0. The van der Waals surface area contributed by atoms with E-state index >= 15 is 0 Å². The van der Waals surface area contributed by atoms with Gasteiger partial charge in [0, 0.05) is 43.3 Å². The third kappa shape index (κ3) is 3.55. The molecule has 3 heterocycles. The number of fused-ring (bicyclic) bond motifs is 11. The van der Waals surface area contributed by atoms with Crippen molar-refractivity contribution in [3.05, 3.63) is 152 Å². The normalized spacial score (nSPS) is 11.9. The minimum atomic E-state index is 0.641. The van der Waals surface area contributed by atoms with E-state index in [1.54, 1.807) is 0 Å². The monoisotopic (exact) mass is 587 g/mol. The van der Waals surface area contributed by atoms with Gasteiger partial charge < -0.3 is 4.42 Å². The van der Waals surface area contributed by atoms with Crippen LogP contribution in [0.1, 0.15) is 0 Å². The van der Waals surface area contributed by atoms with Crippen LogP contribution in [0.2, 0.25) is 0 Å². The fourth-order valence-electron chi connectivity index (χ4n) is 7.19. The Morgan fingerprint density at radius 2 is 1.11 bits per heavy atom. The highest BCUT2D eigenvalue weighted by atomic mass is 16.3. The number of hydrogen-bond acceptors (Lipinski definition) is 3. The maximum absolute atomic E-state index is 6.58. The van der Waals surface area contributed by atoms with Crippen LogP contribution >= 0.6 is 0 Å².